The number of carbonyl (C=O) groups excluding carboxylic acids is 1. The quantitative estimate of drug-likeness (QED) is 0.887. The lowest BCUT2D eigenvalue weighted by Gasteiger charge is -2.14. The number of hydrogen-bond acceptors (Lipinski definition) is 3. The second-order valence-corrected chi connectivity index (χ2v) is 4.56. The molecule has 1 amide bonds. The molecule has 0 aromatic carbocycles. The predicted molar refractivity (Wildman–Crippen MR) is 59.5 cm³/mol. The zero-order valence-electron chi connectivity index (χ0n) is 8.28. The van der Waals surface area contributed by atoms with Gasteiger partial charge in [-0.3, -0.25) is 4.79 Å². The molecule has 2 N–H and O–H groups in total. The smallest absolute Gasteiger partial charge is 0.257 e. The summed E-state index contributed by atoms with van der Waals surface area (Å²) in [4.78, 5) is 13.8. The van der Waals surface area contributed by atoms with E-state index in [2.05, 4.69) is 15.9 Å². The van der Waals surface area contributed by atoms with Crippen molar-refractivity contribution < 1.29 is 9.21 Å². The van der Waals surface area contributed by atoms with Crippen molar-refractivity contribution in [1.29, 1.82) is 0 Å². The van der Waals surface area contributed by atoms with Crippen molar-refractivity contribution in [3.63, 3.8) is 0 Å². The molecule has 1 atom stereocenters. The van der Waals surface area contributed by atoms with E-state index < -0.39 is 0 Å². The topological polar surface area (TPSA) is 59.5 Å². The van der Waals surface area contributed by atoms with Crippen molar-refractivity contribution in [2.24, 2.45) is 11.7 Å². The maximum absolute atomic E-state index is 11.9. The van der Waals surface area contributed by atoms with E-state index in [9.17, 15) is 4.79 Å². The first kappa shape index (κ1) is 10.7. The molecule has 2 heterocycles. The maximum Gasteiger partial charge on any atom is 0.257 e. The summed E-state index contributed by atoms with van der Waals surface area (Å²) in [6, 6.07) is 1.69. The average molecular weight is 273 g/mol. The fraction of sp³-hybridized carbons (Fsp3) is 0.500. The molecule has 82 valence electrons. The van der Waals surface area contributed by atoms with Crippen LogP contribution in [0.5, 0.6) is 0 Å². The highest BCUT2D eigenvalue weighted by Gasteiger charge is 2.26. The van der Waals surface area contributed by atoms with Crippen LogP contribution in [-0.2, 0) is 0 Å². The Morgan fingerprint density at radius 1 is 1.73 bits per heavy atom. The lowest BCUT2D eigenvalue weighted by Crippen LogP contribution is -2.29. The third kappa shape index (κ3) is 2.23. The summed E-state index contributed by atoms with van der Waals surface area (Å²) in [5.74, 6) is 0.477. The van der Waals surface area contributed by atoms with Gasteiger partial charge in [0, 0.05) is 19.2 Å². The molecule has 1 aromatic heterocycles. The van der Waals surface area contributed by atoms with Crippen molar-refractivity contribution >= 4 is 21.8 Å². The molecule has 1 aliphatic heterocycles. The molecule has 0 bridgehead atoms. The van der Waals surface area contributed by atoms with Crippen LogP contribution in [0.4, 0.5) is 0 Å². The number of nitrogens with two attached hydrogens (primary N) is 1. The van der Waals surface area contributed by atoms with E-state index in [1.807, 2.05) is 4.90 Å². The largest absolute Gasteiger partial charge is 0.457 e. The number of carbonyl (C=O) groups is 1. The summed E-state index contributed by atoms with van der Waals surface area (Å²) < 4.78 is 5.63. The Morgan fingerprint density at radius 3 is 3.07 bits per heavy atom. The number of nitrogens with zero attached hydrogens (tertiary/aromatic N) is 1. The molecular formula is C10H13BrN2O2. The highest BCUT2D eigenvalue weighted by molar-refractivity contribution is 9.10. The fourth-order valence-corrected chi connectivity index (χ4v) is 2.15. The molecule has 1 unspecified atom stereocenters. The van der Waals surface area contributed by atoms with Gasteiger partial charge in [0.15, 0.2) is 4.67 Å². The molecule has 0 spiro atoms. The van der Waals surface area contributed by atoms with Gasteiger partial charge in [0.05, 0.1) is 5.56 Å². The van der Waals surface area contributed by atoms with Crippen molar-refractivity contribution in [2.75, 3.05) is 19.6 Å². The lowest BCUT2D eigenvalue weighted by atomic mass is 10.1. The molecule has 15 heavy (non-hydrogen) atoms. The number of hydrogen-bond donors (Lipinski definition) is 1. The van der Waals surface area contributed by atoms with Crippen LogP contribution in [-0.4, -0.2) is 30.4 Å². The van der Waals surface area contributed by atoms with Crippen molar-refractivity contribution in [3.8, 4) is 0 Å². The Bertz CT molecular complexity index is 364. The van der Waals surface area contributed by atoms with Crippen LogP contribution < -0.4 is 5.73 Å². The Hall–Kier alpha value is -0.810. The number of furan rings is 1. The molecule has 1 fully saturated rings. The molecule has 0 saturated carbocycles. The minimum Gasteiger partial charge on any atom is -0.457 e. The third-order valence-corrected chi connectivity index (χ3v) is 3.14. The Kier molecular flexibility index (Phi) is 3.11. The van der Waals surface area contributed by atoms with Gasteiger partial charge in [-0.15, -0.1) is 0 Å². The van der Waals surface area contributed by atoms with Crippen LogP contribution in [0.2, 0.25) is 0 Å². The molecule has 0 radical (unpaired) electrons. The minimum absolute atomic E-state index is 0.0281. The van der Waals surface area contributed by atoms with E-state index in [0.29, 0.717) is 22.7 Å². The number of amides is 1. The molecule has 1 aliphatic rings. The molecule has 2 rings (SSSR count). The third-order valence-electron chi connectivity index (χ3n) is 2.72. The summed E-state index contributed by atoms with van der Waals surface area (Å²) in [7, 11) is 0. The summed E-state index contributed by atoms with van der Waals surface area (Å²) in [6.45, 7) is 2.21. The van der Waals surface area contributed by atoms with E-state index in [0.717, 1.165) is 19.5 Å². The van der Waals surface area contributed by atoms with E-state index in [1.165, 1.54) is 6.26 Å². The molecule has 0 aliphatic carbocycles. The van der Waals surface area contributed by atoms with Crippen LogP contribution in [0, 0.1) is 5.92 Å². The fourth-order valence-electron chi connectivity index (χ4n) is 1.81. The standard InChI is InChI=1S/C10H13BrN2O2/c11-9-3-8(6-15-9)10(14)13-2-1-7(4-12)5-13/h3,6-7H,1-2,4-5,12H2. The van der Waals surface area contributed by atoms with Gasteiger partial charge in [0.1, 0.15) is 6.26 Å². The summed E-state index contributed by atoms with van der Waals surface area (Å²) >= 11 is 3.18. The van der Waals surface area contributed by atoms with Gasteiger partial charge < -0.3 is 15.1 Å². The van der Waals surface area contributed by atoms with Gasteiger partial charge >= 0.3 is 0 Å². The van der Waals surface area contributed by atoms with Gasteiger partial charge in [-0.1, -0.05) is 0 Å². The predicted octanol–water partition coefficient (Wildman–Crippen LogP) is 1.46. The molecular weight excluding hydrogens is 260 g/mol. The second kappa shape index (κ2) is 4.37. The Balaban J connectivity index is 2.03. The van der Waals surface area contributed by atoms with Crippen LogP contribution in [0.15, 0.2) is 21.4 Å². The number of rotatable bonds is 2. The van der Waals surface area contributed by atoms with Gasteiger partial charge in [0.25, 0.3) is 5.91 Å². The Labute approximate surface area is 96.5 Å². The molecule has 5 heteroatoms. The van der Waals surface area contributed by atoms with E-state index in [1.54, 1.807) is 6.07 Å². The Morgan fingerprint density at radius 2 is 2.53 bits per heavy atom. The van der Waals surface area contributed by atoms with Crippen LogP contribution in [0.1, 0.15) is 16.8 Å². The molecule has 1 saturated heterocycles. The highest BCUT2D eigenvalue weighted by Crippen LogP contribution is 2.20. The monoisotopic (exact) mass is 272 g/mol. The van der Waals surface area contributed by atoms with Gasteiger partial charge in [0.2, 0.25) is 0 Å². The van der Waals surface area contributed by atoms with Crippen LogP contribution in [0.3, 0.4) is 0 Å². The summed E-state index contributed by atoms with van der Waals surface area (Å²) in [5, 5.41) is 0. The van der Waals surface area contributed by atoms with Crippen molar-refractivity contribution in [2.45, 2.75) is 6.42 Å². The van der Waals surface area contributed by atoms with Gasteiger partial charge in [-0.25, -0.2) is 0 Å². The van der Waals surface area contributed by atoms with Crippen molar-refractivity contribution in [1.82, 2.24) is 4.90 Å². The average Bonchev–Trinajstić information content (AvgIpc) is 2.84. The van der Waals surface area contributed by atoms with Gasteiger partial charge in [-0.2, -0.15) is 0 Å². The van der Waals surface area contributed by atoms with Crippen LogP contribution in [0.25, 0.3) is 0 Å². The summed E-state index contributed by atoms with van der Waals surface area (Å²) in [5.41, 5.74) is 6.17. The number of likely N-dealkylation sites (tertiary alicyclic amines) is 1. The van der Waals surface area contributed by atoms with Crippen molar-refractivity contribution in [3.05, 3.63) is 22.6 Å². The van der Waals surface area contributed by atoms with Gasteiger partial charge in [-0.05, 0) is 34.8 Å². The van der Waals surface area contributed by atoms with E-state index >= 15 is 0 Å². The first-order valence-electron chi connectivity index (χ1n) is 4.94. The zero-order valence-corrected chi connectivity index (χ0v) is 9.87. The second-order valence-electron chi connectivity index (χ2n) is 3.78. The SMILES string of the molecule is NCC1CCN(C(=O)c2coc(Br)c2)C1. The maximum atomic E-state index is 11.9. The zero-order chi connectivity index (χ0) is 10.8. The number of halogens is 1. The minimum atomic E-state index is 0.0281. The first-order chi connectivity index (χ1) is 7.20. The lowest BCUT2D eigenvalue weighted by molar-refractivity contribution is 0.0787. The van der Waals surface area contributed by atoms with Crippen LogP contribution >= 0.6 is 15.9 Å². The summed E-state index contributed by atoms with van der Waals surface area (Å²) in [6.07, 6.45) is 2.48. The molecule has 4 nitrogen and oxygen atoms in total. The first-order valence-corrected chi connectivity index (χ1v) is 5.73. The highest BCUT2D eigenvalue weighted by atomic mass is 79.9. The molecule has 1 aromatic rings. The normalized spacial score (nSPS) is 20.9. The van der Waals surface area contributed by atoms with E-state index in [-0.39, 0.29) is 5.91 Å². The van der Waals surface area contributed by atoms with E-state index in [4.69, 9.17) is 10.2 Å².